The molecule has 0 radical (unpaired) electrons. The van der Waals surface area contributed by atoms with Crippen LogP contribution in [0.5, 0.6) is 5.75 Å². The number of benzene rings is 3. The molecular formula is C37H42ClN7O4. The fourth-order valence-electron chi connectivity index (χ4n) is 6.43. The maximum Gasteiger partial charge on any atom is 0.350 e. The van der Waals surface area contributed by atoms with Gasteiger partial charge in [-0.15, -0.1) is 0 Å². The summed E-state index contributed by atoms with van der Waals surface area (Å²) in [5.41, 5.74) is 10.9. The molecule has 3 aliphatic heterocycles. The summed E-state index contributed by atoms with van der Waals surface area (Å²) >= 11 is 6.35. The predicted molar refractivity (Wildman–Crippen MR) is 191 cm³/mol. The summed E-state index contributed by atoms with van der Waals surface area (Å²) in [6.07, 6.45) is 8.47. The first-order valence-electron chi connectivity index (χ1n) is 16.8. The van der Waals surface area contributed by atoms with E-state index in [4.69, 9.17) is 25.8 Å². The van der Waals surface area contributed by atoms with Gasteiger partial charge in [0, 0.05) is 67.0 Å². The molecule has 2 N–H and O–H groups in total. The number of nitrogens with one attached hydrogen (secondary N) is 2. The number of ether oxygens (including phenoxy) is 3. The van der Waals surface area contributed by atoms with Gasteiger partial charge in [-0.1, -0.05) is 30.7 Å². The Bertz CT molecular complexity index is 1850. The second-order valence-electron chi connectivity index (χ2n) is 12.6. The lowest BCUT2D eigenvalue weighted by Gasteiger charge is -2.37. The van der Waals surface area contributed by atoms with Crippen molar-refractivity contribution in [1.82, 2.24) is 25.2 Å². The maximum atomic E-state index is 12.8. The first kappa shape index (κ1) is 32.8. The molecule has 0 amide bonds. The second-order valence-corrected chi connectivity index (χ2v) is 13.0. The van der Waals surface area contributed by atoms with Crippen LogP contribution in [-0.4, -0.2) is 59.8 Å². The van der Waals surface area contributed by atoms with Crippen LogP contribution in [0.25, 0.3) is 5.69 Å². The van der Waals surface area contributed by atoms with Gasteiger partial charge >= 0.3 is 5.69 Å². The summed E-state index contributed by atoms with van der Waals surface area (Å²) in [6.45, 7) is 8.43. The number of halogens is 1. The Morgan fingerprint density at radius 3 is 2.33 bits per heavy atom. The molecule has 4 heterocycles. The van der Waals surface area contributed by atoms with Crippen molar-refractivity contribution < 1.29 is 14.2 Å². The van der Waals surface area contributed by atoms with Crippen LogP contribution < -0.4 is 31.1 Å². The zero-order valence-electron chi connectivity index (χ0n) is 27.8. The smallest absolute Gasteiger partial charge is 0.350 e. The molecule has 1 unspecified atom stereocenters. The topological polar surface area (TPSA) is 98.1 Å². The van der Waals surface area contributed by atoms with Crippen molar-refractivity contribution in [2.24, 2.45) is 0 Å². The van der Waals surface area contributed by atoms with Crippen molar-refractivity contribution in [2.75, 3.05) is 49.2 Å². The molecule has 2 saturated heterocycles. The second kappa shape index (κ2) is 14.4. The van der Waals surface area contributed by atoms with Gasteiger partial charge in [-0.25, -0.2) is 14.0 Å². The van der Waals surface area contributed by atoms with Crippen molar-refractivity contribution in [3.63, 3.8) is 0 Å². The van der Waals surface area contributed by atoms with Gasteiger partial charge in [0.15, 0.2) is 5.79 Å². The monoisotopic (exact) mass is 683 g/mol. The number of anilines is 2. The average molecular weight is 684 g/mol. The molecule has 256 valence electrons. The van der Waals surface area contributed by atoms with Crippen molar-refractivity contribution >= 4 is 23.0 Å². The van der Waals surface area contributed by atoms with Crippen molar-refractivity contribution in [2.45, 2.75) is 44.6 Å². The highest BCUT2D eigenvalue weighted by Gasteiger charge is 2.44. The number of hydrazine groups is 1. The van der Waals surface area contributed by atoms with Crippen LogP contribution in [0.2, 0.25) is 5.02 Å². The fraction of sp³-hybridized carbons (Fsp3) is 0.351. The highest BCUT2D eigenvalue weighted by Crippen LogP contribution is 2.41. The van der Waals surface area contributed by atoms with Gasteiger partial charge in [0.05, 0.1) is 18.3 Å². The summed E-state index contributed by atoms with van der Waals surface area (Å²) < 4.78 is 22.3. The van der Waals surface area contributed by atoms with Crippen molar-refractivity contribution in [3.05, 3.63) is 124 Å². The van der Waals surface area contributed by atoms with E-state index in [1.165, 1.54) is 0 Å². The Morgan fingerprint density at radius 1 is 0.980 bits per heavy atom. The van der Waals surface area contributed by atoms with E-state index in [-0.39, 0.29) is 17.8 Å². The summed E-state index contributed by atoms with van der Waals surface area (Å²) in [7, 11) is 0. The van der Waals surface area contributed by atoms with Crippen LogP contribution in [-0.2, 0) is 15.3 Å². The van der Waals surface area contributed by atoms with Crippen LogP contribution in [0.15, 0.2) is 108 Å². The predicted octanol–water partition coefficient (Wildman–Crippen LogP) is 5.53. The molecule has 0 bridgehead atoms. The minimum atomic E-state index is -0.959. The van der Waals surface area contributed by atoms with Crippen LogP contribution in [0.3, 0.4) is 0 Å². The zero-order chi connectivity index (χ0) is 33.8. The Morgan fingerprint density at radius 2 is 1.67 bits per heavy atom. The average Bonchev–Trinajstić information content (AvgIpc) is 3.75. The van der Waals surface area contributed by atoms with E-state index in [0.717, 1.165) is 66.5 Å². The lowest BCUT2D eigenvalue weighted by Crippen LogP contribution is -2.46. The summed E-state index contributed by atoms with van der Waals surface area (Å²) in [5, 5.41) is 4.94. The van der Waals surface area contributed by atoms with Gasteiger partial charge in [0.25, 0.3) is 0 Å². The third kappa shape index (κ3) is 7.19. The summed E-state index contributed by atoms with van der Waals surface area (Å²) in [4.78, 5) is 17.6. The molecule has 4 aromatic rings. The van der Waals surface area contributed by atoms with Crippen molar-refractivity contribution in [3.8, 4) is 11.4 Å². The van der Waals surface area contributed by atoms with Gasteiger partial charge in [0.1, 0.15) is 24.8 Å². The Labute approximate surface area is 291 Å². The van der Waals surface area contributed by atoms with Crippen LogP contribution in [0.4, 0.5) is 11.4 Å². The minimum Gasteiger partial charge on any atom is -0.491 e. The van der Waals surface area contributed by atoms with Gasteiger partial charge in [-0.3, -0.25) is 0 Å². The van der Waals surface area contributed by atoms with Gasteiger partial charge in [-0.05, 0) is 85.7 Å². The van der Waals surface area contributed by atoms with E-state index in [1.54, 1.807) is 15.6 Å². The molecule has 0 saturated carbocycles. The SMILES string of the molecule is CCC(C)n1ncn(-c2ccc(N3CCN(c4ccc(OC[C@@H]5CO[C@](CC6=CNNC=C6)(c6cccc(Cl)c6)O5)cc4)CC3)cc2)c1=O. The van der Waals surface area contributed by atoms with Gasteiger partial charge < -0.3 is 34.9 Å². The van der Waals surface area contributed by atoms with E-state index in [9.17, 15) is 4.79 Å². The molecule has 11 nitrogen and oxygen atoms in total. The zero-order valence-corrected chi connectivity index (χ0v) is 28.6. The van der Waals surface area contributed by atoms with E-state index < -0.39 is 5.79 Å². The first-order valence-corrected chi connectivity index (χ1v) is 17.2. The Balaban J connectivity index is 0.919. The molecule has 0 aliphatic carbocycles. The molecule has 3 aromatic carbocycles. The summed E-state index contributed by atoms with van der Waals surface area (Å²) in [6, 6.07) is 24.1. The lowest BCUT2D eigenvalue weighted by molar-refractivity contribution is -0.178. The third-order valence-electron chi connectivity index (χ3n) is 9.39. The number of piperazine rings is 1. The van der Waals surface area contributed by atoms with Gasteiger partial charge in [-0.2, -0.15) is 5.10 Å². The van der Waals surface area contributed by atoms with E-state index >= 15 is 0 Å². The number of rotatable bonds is 11. The molecule has 3 aliphatic rings. The molecule has 2 fully saturated rings. The van der Waals surface area contributed by atoms with Crippen LogP contribution >= 0.6 is 11.6 Å². The Hall–Kier alpha value is -4.71. The number of hydrogen-bond donors (Lipinski definition) is 2. The van der Waals surface area contributed by atoms with Gasteiger partial charge in [0.2, 0.25) is 0 Å². The van der Waals surface area contributed by atoms with Crippen LogP contribution in [0, 0.1) is 0 Å². The molecular weight excluding hydrogens is 642 g/mol. The highest BCUT2D eigenvalue weighted by molar-refractivity contribution is 6.30. The molecule has 7 rings (SSSR count). The molecule has 49 heavy (non-hydrogen) atoms. The molecule has 0 spiro atoms. The maximum absolute atomic E-state index is 12.8. The standard InChI is InChI=1S/C37H42ClN7O4/c1-3-27(2)45-36(46)44(26-41-45)33-9-7-31(8-10-33)42-17-19-43(20-18-42)32-11-13-34(14-12-32)47-24-35-25-48-37(49-35,22-28-15-16-39-40-23-28)29-5-4-6-30(38)21-29/h4-16,21,23,26-27,35,39-40H,3,17-20,22,24-25H2,1-2H3/t27?,35-,37+/m1/s1. The number of aromatic nitrogens is 3. The molecule has 12 heteroatoms. The number of hydrogen-bond acceptors (Lipinski definition) is 9. The van der Waals surface area contributed by atoms with Crippen LogP contribution in [0.1, 0.15) is 38.3 Å². The fourth-order valence-corrected chi connectivity index (χ4v) is 6.62. The third-order valence-corrected chi connectivity index (χ3v) is 9.63. The minimum absolute atomic E-state index is 0.0698. The van der Waals surface area contributed by atoms with E-state index in [1.807, 2.05) is 73.9 Å². The largest absolute Gasteiger partial charge is 0.491 e. The van der Waals surface area contributed by atoms with E-state index in [2.05, 4.69) is 56.9 Å². The highest BCUT2D eigenvalue weighted by atomic mass is 35.5. The number of allylic oxidation sites excluding steroid dienone is 1. The normalized spacial score (nSPS) is 21.2. The van der Waals surface area contributed by atoms with Crippen molar-refractivity contribution in [1.29, 1.82) is 0 Å². The lowest BCUT2D eigenvalue weighted by atomic mass is 9.97. The quantitative estimate of drug-likeness (QED) is 0.212. The first-order chi connectivity index (χ1) is 23.9. The molecule has 1 aromatic heterocycles. The Kier molecular flexibility index (Phi) is 9.65. The summed E-state index contributed by atoms with van der Waals surface area (Å²) in [5.74, 6) is -0.174. The number of nitrogens with zero attached hydrogens (tertiary/aromatic N) is 5. The van der Waals surface area contributed by atoms with E-state index in [0.29, 0.717) is 24.7 Å². The molecule has 3 atom stereocenters.